The van der Waals surface area contributed by atoms with E-state index in [1.807, 2.05) is 13.2 Å². The van der Waals surface area contributed by atoms with E-state index in [0.29, 0.717) is 6.42 Å². The smallest absolute Gasteiger partial charge is 0.326 e. The molecular formula is C11H20N2O3S. The Morgan fingerprint density at radius 3 is 2.76 bits per heavy atom. The maximum Gasteiger partial charge on any atom is 0.326 e. The fourth-order valence-corrected chi connectivity index (χ4v) is 2.43. The van der Waals surface area contributed by atoms with E-state index in [4.69, 9.17) is 5.11 Å². The fraction of sp³-hybridized carbons (Fsp3) is 0.818. The molecule has 0 radical (unpaired) electrons. The molecule has 0 aromatic rings. The van der Waals surface area contributed by atoms with Gasteiger partial charge in [-0.1, -0.05) is 0 Å². The number of amides is 2. The Kier molecular flexibility index (Phi) is 5.61. The van der Waals surface area contributed by atoms with Crippen LogP contribution in [0.25, 0.3) is 0 Å². The van der Waals surface area contributed by atoms with Crippen LogP contribution >= 0.6 is 11.8 Å². The molecule has 1 rings (SSSR count). The van der Waals surface area contributed by atoms with Crippen molar-refractivity contribution in [2.24, 2.45) is 0 Å². The molecule has 0 aliphatic carbocycles. The Bertz CT molecular complexity index is 286. The average Bonchev–Trinajstić information content (AvgIpc) is 2.70. The molecule has 0 aromatic carbocycles. The number of hydrogen-bond acceptors (Lipinski definition) is 3. The van der Waals surface area contributed by atoms with Crippen LogP contribution in [-0.4, -0.2) is 52.6 Å². The molecule has 1 aliphatic heterocycles. The molecule has 2 amide bonds. The quantitative estimate of drug-likeness (QED) is 0.783. The van der Waals surface area contributed by atoms with Crippen molar-refractivity contribution in [2.45, 2.75) is 38.3 Å². The number of nitrogens with zero attached hydrogens (tertiary/aromatic N) is 1. The van der Waals surface area contributed by atoms with Crippen LogP contribution in [0.2, 0.25) is 0 Å². The van der Waals surface area contributed by atoms with Gasteiger partial charge in [0.2, 0.25) is 0 Å². The Morgan fingerprint density at radius 2 is 2.29 bits per heavy atom. The van der Waals surface area contributed by atoms with Crippen LogP contribution < -0.4 is 5.32 Å². The highest BCUT2D eigenvalue weighted by Crippen LogP contribution is 2.16. The van der Waals surface area contributed by atoms with Crippen molar-refractivity contribution in [3.63, 3.8) is 0 Å². The summed E-state index contributed by atoms with van der Waals surface area (Å²) in [5.41, 5.74) is 0. The van der Waals surface area contributed by atoms with Crippen molar-refractivity contribution in [1.29, 1.82) is 0 Å². The second-order valence-electron chi connectivity index (χ2n) is 4.31. The molecule has 1 fully saturated rings. The molecule has 1 saturated heterocycles. The lowest BCUT2D eigenvalue weighted by molar-refractivity contribution is -0.139. The van der Waals surface area contributed by atoms with Gasteiger partial charge in [-0.3, -0.25) is 0 Å². The van der Waals surface area contributed by atoms with Gasteiger partial charge in [0.05, 0.1) is 0 Å². The minimum Gasteiger partial charge on any atom is -0.480 e. The Balaban J connectivity index is 2.48. The molecule has 2 N–H and O–H groups in total. The van der Waals surface area contributed by atoms with Crippen LogP contribution in [0.1, 0.15) is 26.2 Å². The van der Waals surface area contributed by atoms with Crippen molar-refractivity contribution in [3.8, 4) is 0 Å². The van der Waals surface area contributed by atoms with Gasteiger partial charge in [0.25, 0.3) is 0 Å². The summed E-state index contributed by atoms with van der Waals surface area (Å²) in [6, 6.07) is -0.809. The number of carbonyl (C=O) groups is 2. The predicted molar refractivity (Wildman–Crippen MR) is 68.4 cm³/mol. The van der Waals surface area contributed by atoms with E-state index < -0.39 is 12.0 Å². The van der Waals surface area contributed by atoms with Gasteiger partial charge in [-0.05, 0) is 38.2 Å². The van der Waals surface area contributed by atoms with Gasteiger partial charge in [0, 0.05) is 12.6 Å². The van der Waals surface area contributed by atoms with Crippen LogP contribution in [0, 0.1) is 0 Å². The molecule has 98 valence electrons. The highest BCUT2D eigenvalue weighted by atomic mass is 32.2. The number of carboxylic acids is 1. The molecule has 0 spiro atoms. The number of rotatable bonds is 5. The first kappa shape index (κ1) is 14.2. The Morgan fingerprint density at radius 1 is 1.59 bits per heavy atom. The third-order valence-electron chi connectivity index (χ3n) is 3.02. The van der Waals surface area contributed by atoms with Crippen LogP contribution in [-0.2, 0) is 4.79 Å². The molecule has 0 bridgehead atoms. The number of thioether (sulfide) groups is 1. The summed E-state index contributed by atoms with van der Waals surface area (Å²) in [4.78, 5) is 24.6. The zero-order valence-electron chi connectivity index (χ0n) is 10.3. The minimum atomic E-state index is -0.959. The van der Waals surface area contributed by atoms with Gasteiger partial charge >= 0.3 is 12.0 Å². The van der Waals surface area contributed by atoms with E-state index in [1.165, 1.54) is 0 Å². The van der Waals surface area contributed by atoms with Gasteiger partial charge in [-0.2, -0.15) is 11.8 Å². The molecule has 0 saturated carbocycles. The molecule has 1 heterocycles. The standard InChI is InChI=1S/C11H20N2O3S/c1-8-4-3-6-13(8)11(16)12-9(10(14)15)5-7-17-2/h8-9H,3-7H2,1-2H3,(H,12,16)(H,14,15)/t8?,9-/m1/s1. The highest BCUT2D eigenvalue weighted by Gasteiger charge is 2.28. The minimum absolute atomic E-state index is 0.213. The number of urea groups is 1. The normalized spacial score (nSPS) is 21.3. The maximum atomic E-state index is 11.9. The van der Waals surface area contributed by atoms with E-state index >= 15 is 0 Å². The number of carboxylic acid groups (broad SMARTS) is 1. The van der Waals surface area contributed by atoms with E-state index in [0.717, 1.165) is 25.1 Å². The highest BCUT2D eigenvalue weighted by molar-refractivity contribution is 7.98. The summed E-state index contributed by atoms with van der Waals surface area (Å²) >= 11 is 1.58. The second-order valence-corrected chi connectivity index (χ2v) is 5.29. The first-order valence-corrected chi connectivity index (χ1v) is 7.24. The molecule has 17 heavy (non-hydrogen) atoms. The van der Waals surface area contributed by atoms with Crippen molar-refractivity contribution >= 4 is 23.8 Å². The molecule has 1 aliphatic rings. The van der Waals surface area contributed by atoms with E-state index in [2.05, 4.69) is 5.32 Å². The van der Waals surface area contributed by atoms with E-state index in [-0.39, 0.29) is 12.1 Å². The van der Waals surface area contributed by atoms with Crippen molar-refractivity contribution in [2.75, 3.05) is 18.6 Å². The van der Waals surface area contributed by atoms with E-state index in [9.17, 15) is 9.59 Å². The SMILES string of the molecule is CSCC[C@@H](NC(=O)N1CCCC1C)C(=O)O. The van der Waals surface area contributed by atoms with Gasteiger partial charge in [-0.15, -0.1) is 0 Å². The van der Waals surface area contributed by atoms with Crippen LogP contribution in [0.4, 0.5) is 4.79 Å². The second kappa shape index (κ2) is 6.74. The number of carbonyl (C=O) groups excluding carboxylic acids is 1. The molecule has 0 aromatic heterocycles. The number of nitrogens with one attached hydrogen (secondary N) is 1. The Labute approximate surface area is 106 Å². The summed E-state index contributed by atoms with van der Waals surface area (Å²) in [6.45, 7) is 2.71. The number of aliphatic carboxylic acids is 1. The number of hydrogen-bond donors (Lipinski definition) is 2. The Hall–Kier alpha value is -0.910. The van der Waals surface area contributed by atoms with Crippen molar-refractivity contribution in [3.05, 3.63) is 0 Å². The molecule has 5 nitrogen and oxygen atoms in total. The van der Waals surface area contributed by atoms with Crippen molar-refractivity contribution < 1.29 is 14.7 Å². The van der Waals surface area contributed by atoms with Crippen LogP contribution in [0.3, 0.4) is 0 Å². The molecular weight excluding hydrogens is 240 g/mol. The first-order valence-electron chi connectivity index (χ1n) is 5.85. The van der Waals surface area contributed by atoms with Gasteiger partial charge in [0.1, 0.15) is 6.04 Å². The van der Waals surface area contributed by atoms with Crippen molar-refractivity contribution in [1.82, 2.24) is 10.2 Å². The van der Waals surface area contributed by atoms with Gasteiger partial charge in [0.15, 0.2) is 0 Å². The fourth-order valence-electron chi connectivity index (χ4n) is 1.96. The summed E-state index contributed by atoms with van der Waals surface area (Å²) in [7, 11) is 0. The molecule has 6 heteroatoms. The largest absolute Gasteiger partial charge is 0.480 e. The first-order chi connectivity index (χ1) is 8.06. The van der Waals surface area contributed by atoms with Gasteiger partial charge in [-0.25, -0.2) is 9.59 Å². The van der Waals surface area contributed by atoms with Crippen LogP contribution in [0.15, 0.2) is 0 Å². The third-order valence-corrected chi connectivity index (χ3v) is 3.66. The summed E-state index contributed by atoms with van der Waals surface area (Å²) in [5.74, 6) is -0.230. The molecule has 2 atom stereocenters. The third kappa shape index (κ3) is 4.11. The maximum absolute atomic E-state index is 11.9. The lowest BCUT2D eigenvalue weighted by Crippen LogP contribution is -2.49. The van der Waals surface area contributed by atoms with Crippen LogP contribution in [0.5, 0.6) is 0 Å². The summed E-state index contributed by atoms with van der Waals surface area (Å²) in [5, 5.41) is 11.6. The number of likely N-dealkylation sites (tertiary alicyclic amines) is 1. The lowest BCUT2D eigenvalue weighted by atomic mass is 10.2. The zero-order valence-corrected chi connectivity index (χ0v) is 11.1. The summed E-state index contributed by atoms with van der Waals surface area (Å²) < 4.78 is 0. The van der Waals surface area contributed by atoms with Gasteiger partial charge < -0.3 is 15.3 Å². The summed E-state index contributed by atoms with van der Waals surface area (Å²) in [6.07, 6.45) is 4.38. The predicted octanol–water partition coefficient (Wildman–Crippen LogP) is 1.39. The average molecular weight is 260 g/mol. The lowest BCUT2D eigenvalue weighted by Gasteiger charge is -2.24. The zero-order chi connectivity index (χ0) is 12.8. The topological polar surface area (TPSA) is 69.6 Å². The molecule has 1 unspecified atom stereocenters. The van der Waals surface area contributed by atoms with E-state index in [1.54, 1.807) is 16.7 Å². The monoisotopic (exact) mass is 260 g/mol.